The normalized spacial score (nSPS) is 19.1. The van der Waals surface area contributed by atoms with Crippen LogP contribution in [0.3, 0.4) is 0 Å². The van der Waals surface area contributed by atoms with Gasteiger partial charge in [-0.3, -0.25) is 10.2 Å². The Balaban J connectivity index is 1.43. The van der Waals surface area contributed by atoms with Crippen LogP contribution in [0.25, 0.3) is 16.9 Å². The van der Waals surface area contributed by atoms with E-state index in [4.69, 9.17) is 14.6 Å². The average molecular weight is 648 g/mol. The number of halogens is 2. The van der Waals surface area contributed by atoms with Gasteiger partial charge in [-0.05, 0) is 77.4 Å². The maximum absolute atomic E-state index is 14.3. The largest absolute Gasteiger partial charge is 0.385 e. The molecular formula is C36H43F2N5O4. The minimum atomic E-state index is -1.08. The molecule has 9 nitrogen and oxygen atoms in total. The smallest absolute Gasteiger partial charge is 0.320 e. The molecule has 4 atom stereocenters. The molecule has 1 aliphatic rings. The number of methoxy groups -OCH3 is 1. The van der Waals surface area contributed by atoms with Gasteiger partial charge in [0, 0.05) is 36.4 Å². The van der Waals surface area contributed by atoms with E-state index in [-0.39, 0.29) is 12.1 Å². The molecule has 5 rings (SSSR count). The number of carbonyl (C=O) groups is 1. The fourth-order valence-corrected chi connectivity index (χ4v) is 6.17. The quantitative estimate of drug-likeness (QED) is 0.162. The van der Waals surface area contributed by atoms with Crippen molar-refractivity contribution in [3.05, 3.63) is 101 Å². The molecule has 47 heavy (non-hydrogen) atoms. The van der Waals surface area contributed by atoms with Crippen molar-refractivity contribution >= 4 is 11.8 Å². The maximum atomic E-state index is 14.3. The van der Waals surface area contributed by atoms with Crippen molar-refractivity contribution in [2.75, 3.05) is 26.1 Å². The molecule has 11 heteroatoms. The third-order valence-electron chi connectivity index (χ3n) is 8.47. The highest BCUT2D eigenvalue weighted by atomic mass is 19.2. The molecule has 1 unspecified atom stereocenters. The Kier molecular flexibility index (Phi) is 10.4. The number of aliphatic hydroxyl groups excluding tert-OH is 1. The van der Waals surface area contributed by atoms with Crippen LogP contribution in [0.4, 0.5) is 19.4 Å². The number of nitrogens with one attached hydrogen (secondary N) is 2. The van der Waals surface area contributed by atoms with E-state index in [1.807, 2.05) is 77.2 Å². The van der Waals surface area contributed by atoms with Crippen molar-refractivity contribution in [3.8, 4) is 16.9 Å². The van der Waals surface area contributed by atoms with Gasteiger partial charge < -0.3 is 19.9 Å². The number of aromatic nitrogens is 2. The van der Waals surface area contributed by atoms with Gasteiger partial charge in [-0.15, -0.1) is 0 Å². The van der Waals surface area contributed by atoms with Gasteiger partial charge in [0.05, 0.1) is 29.1 Å². The zero-order valence-electron chi connectivity index (χ0n) is 27.6. The maximum Gasteiger partial charge on any atom is 0.320 e. The predicted molar refractivity (Wildman–Crippen MR) is 177 cm³/mol. The summed E-state index contributed by atoms with van der Waals surface area (Å²) in [5.74, 6) is -1.37. The SMILES string of the molecule is COCC[C@@H]1C[C@@H](NC(=O)Nc2c(C)c(-c3ccc(C(O)OC(C)(C)C)cc3)nn2-c2ccccc2)[C@H](c2ccc(F)c(F)c2)N1C. The number of carbonyl (C=O) groups excluding carboxylic acids is 1. The molecular weight excluding hydrogens is 604 g/mol. The van der Waals surface area contributed by atoms with Crippen LogP contribution in [0.2, 0.25) is 0 Å². The number of nitrogens with zero attached hydrogens (tertiary/aromatic N) is 3. The lowest BCUT2D eigenvalue weighted by Crippen LogP contribution is -2.41. The molecule has 3 aromatic carbocycles. The Hall–Kier alpha value is -4.16. The van der Waals surface area contributed by atoms with Crippen molar-refractivity contribution in [1.29, 1.82) is 0 Å². The van der Waals surface area contributed by atoms with Crippen LogP contribution < -0.4 is 10.6 Å². The van der Waals surface area contributed by atoms with Crippen LogP contribution in [0.1, 0.15) is 62.6 Å². The molecule has 0 aliphatic carbocycles. The number of hydrogen-bond donors (Lipinski definition) is 3. The number of amides is 2. The summed E-state index contributed by atoms with van der Waals surface area (Å²) < 4.78 is 40.8. The van der Waals surface area contributed by atoms with Crippen LogP contribution in [-0.4, -0.2) is 64.3 Å². The minimum Gasteiger partial charge on any atom is -0.385 e. The van der Waals surface area contributed by atoms with E-state index in [1.54, 1.807) is 30.0 Å². The molecule has 250 valence electrons. The summed E-state index contributed by atoms with van der Waals surface area (Å²) in [6.07, 6.45) is 0.233. The lowest BCUT2D eigenvalue weighted by atomic mass is 9.99. The fourth-order valence-electron chi connectivity index (χ4n) is 6.17. The van der Waals surface area contributed by atoms with E-state index in [9.17, 15) is 18.7 Å². The number of aliphatic hydroxyl groups is 1. The Bertz CT molecular complexity index is 1670. The number of likely N-dealkylation sites (tertiary alicyclic amines) is 1. The van der Waals surface area contributed by atoms with Crippen molar-refractivity contribution in [3.63, 3.8) is 0 Å². The molecule has 0 radical (unpaired) electrons. The zero-order valence-corrected chi connectivity index (χ0v) is 27.6. The second-order valence-electron chi connectivity index (χ2n) is 12.9. The fraction of sp³-hybridized carbons (Fsp3) is 0.389. The molecule has 3 N–H and O–H groups in total. The van der Waals surface area contributed by atoms with Crippen LogP contribution in [0.15, 0.2) is 72.8 Å². The number of para-hydroxylation sites is 1. The van der Waals surface area contributed by atoms with Gasteiger partial charge in [0.25, 0.3) is 0 Å². The van der Waals surface area contributed by atoms with Crippen LogP contribution in [0.5, 0.6) is 0 Å². The summed E-state index contributed by atoms with van der Waals surface area (Å²) in [5, 5.41) is 21.6. The number of rotatable bonds is 10. The second-order valence-corrected chi connectivity index (χ2v) is 12.9. The van der Waals surface area contributed by atoms with Crippen molar-refractivity contribution in [2.24, 2.45) is 0 Å². The lowest BCUT2D eigenvalue weighted by molar-refractivity contribution is -0.169. The number of urea groups is 1. The Morgan fingerprint density at radius 1 is 1.06 bits per heavy atom. The number of likely N-dealkylation sites (N-methyl/N-ethyl adjacent to an activating group) is 1. The summed E-state index contributed by atoms with van der Waals surface area (Å²) in [6.45, 7) is 8.05. The number of hydrogen-bond acceptors (Lipinski definition) is 6. The summed E-state index contributed by atoms with van der Waals surface area (Å²) >= 11 is 0. The minimum absolute atomic E-state index is 0.0526. The van der Waals surface area contributed by atoms with Crippen molar-refractivity contribution < 1.29 is 28.2 Å². The third kappa shape index (κ3) is 7.87. The highest BCUT2D eigenvalue weighted by molar-refractivity contribution is 5.91. The average Bonchev–Trinajstić information content (AvgIpc) is 3.52. The first kappa shape index (κ1) is 34.2. The first-order chi connectivity index (χ1) is 22.4. The third-order valence-corrected chi connectivity index (χ3v) is 8.47. The van der Waals surface area contributed by atoms with Crippen LogP contribution in [0, 0.1) is 18.6 Å². The Morgan fingerprint density at radius 2 is 1.77 bits per heavy atom. The first-order valence-corrected chi connectivity index (χ1v) is 15.7. The van der Waals surface area contributed by atoms with Gasteiger partial charge in [0.2, 0.25) is 0 Å². The predicted octanol–water partition coefficient (Wildman–Crippen LogP) is 6.90. The topological polar surface area (TPSA) is 101 Å². The van der Waals surface area contributed by atoms with Crippen LogP contribution in [-0.2, 0) is 9.47 Å². The van der Waals surface area contributed by atoms with Gasteiger partial charge in [-0.25, -0.2) is 18.3 Å². The molecule has 2 heterocycles. The summed E-state index contributed by atoms with van der Waals surface area (Å²) in [6, 6.07) is 19.5. The van der Waals surface area contributed by atoms with Gasteiger partial charge in [0.1, 0.15) is 5.82 Å². The van der Waals surface area contributed by atoms with Crippen LogP contribution >= 0.6 is 0 Å². The molecule has 0 spiro atoms. The summed E-state index contributed by atoms with van der Waals surface area (Å²) in [7, 11) is 3.56. The van der Waals surface area contributed by atoms with Gasteiger partial charge in [-0.2, -0.15) is 5.10 Å². The molecule has 1 fully saturated rings. The zero-order chi connectivity index (χ0) is 33.9. The second kappa shape index (κ2) is 14.3. The highest BCUT2D eigenvalue weighted by Gasteiger charge is 2.41. The highest BCUT2D eigenvalue weighted by Crippen LogP contribution is 2.37. The molecule has 0 saturated carbocycles. The molecule has 1 aromatic heterocycles. The van der Waals surface area contributed by atoms with Crippen molar-refractivity contribution in [1.82, 2.24) is 20.0 Å². The van der Waals surface area contributed by atoms with E-state index >= 15 is 0 Å². The van der Waals surface area contributed by atoms with Crippen molar-refractivity contribution in [2.45, 2.75) is 70.6 Å². The summed E-state index contributed by atoms with van der Waals surface area (Å²) in [4.78, 5) is 15.8. The van der Waals surface area contributed by atoms with E-state index in [2.05, 4.69) is 15.5 Å². The van der Waals surface area contributed by atoms with Gasteiger partial charge in [-0.1, -0.05) is 48.5 Å². The Labute approximate surface area is 274 Å². The van der Waals surface area contributed by atoms with E-state index in [1.165, 1.54) is 6.07 Å². The molecule has 2 amide bonds. The monoisotopic (exact) mass is 647 g/mol. The van der Waals surface area contributed by atoms with Gasteiger partial charge >= 0.3 is 6.03 Å². The molecule has 4 aromatic rings. The standard InChI is InChI=1S/C36H43F2N5O4/c1-22-31(23-12-14-24(15-13-23)34(44)47-36(2,3)4)41-43(26-10-8-7-9-11-26)33(22)40-35(45)39-30-21-27(18-19-46-6)42(5)32(30)25-16-17-28(37)29(38)20-25/h7-17,20,27,30,32,34,44H,18-19,21H2,1-6H3,(H2,39,40,45)/t27-,30-,32+,34?/m1/s1. The van der Waals surface area contributed by atoms with E-state index in [0.717, 1.165) is 22.9 Å². The number of anilines is 1. The van der Waals surface area contributed by atoms with E-state index in [0.29, 0.717) is 42.1 Å². The van der Waals surface area contributed by atoms with Gasteiger partial charge in [0.15, 0.2) is 17.9 Å². The Morgan fingerprint density at radius 3 is 2.40 bits per heavy atom. The number of benzene rings is 3. The number of ether oxygens (including phenoxy) is 2. The molecule has 0 bridgehead atoms. The van der Waals surface area contributed by atoms with E-state index < -0.39 is 35.6 Å². The molecule has 1 saturated heterocycles. The summed E-state index contributed by atoms with van der Waals surface area (Å²) in [5.41, 5.74) is 3.61. The molecule has 1 aliphatic heterocycles. The first-order valence-electron chi connectivity index (χ1n) is 15.7. The lowest BCUT2D eigenvalue weighted by Gasteiger charge is -2.28.